The number of pyridine rings is 1. The number of halogens is 7. The first-order chi connectivity index (χ1) is 26.2. The molecule has 0 aliphatic heterocycles. The molecule has 3 aromatic heterocycles. The molecular formula is C38H30ClF6N7O2S. The first-order valence-corrected chi connectivity index (χ1v) is 19.0. The molecule has 4 atom stereocenters. The quantitative estimate of drug-likeness (QED) is 0.101. The van der Waals surface area contributed by atoms with E-state index in [0.717, 1.165) is 17.7 Å². The Morgan fingerprint density at radius 2 is 1.75 bits per heavy atom. The van der Waals surface area contributed by atoms with Crippen molar-refractivity contribution in [3.05, 3.63) is 118 Å². The van der Waals surface area contributed by atoms with Crippen LogP contribution in [-0.2, 0) is 42.1 Å². The third-order valence-electron chi connectivity index (χ3n) is 9.98. The Bertz CT molecular complexity index is 2460. The van der Waals surface area contributed by atoms with Crippen LogP contribution in [0.25, 0.3) is 33.2 Å². The van der Waals surface area contributed by atoms with Gasteiger partial charge in [-0.25, -0.2) is 17.6 Å². The smallest absolute Gasteiger partial charge is 0.293 e. The largest absolute Gasteiger partial charge is 0.593 e. The predicted molar refractivity (Wildman–Crippen MR) is 195 cm³/mol. The molecule has 55 heavy (non-hydrogen) atoms. The van der Waals surface area contributed by atoms with Crippen molar-refractivity contribution >= 4 is 45.6 Å². The highest BCUT2D eigenvalue weighted by Crippen LogP contribution is 2.68. The Balaban J connectivity index is 1.27. The van der Waals surface area contributed by atoms with Gasteiger partial charge in [0.15, 0.2) is 0 Å². The minimum atomic E-state index is -3.46. The number of nitrogens with zero attached hydrogens (tertiary/aromatic N) is 5. The van der Waals surface area contributed by atoms with Crippen molar-refractivity contribution in [2.45, 2.75) is 43.7 Å². The summed E-state index contributed by atoms with van der Waals surface area (Å²) < 4.78 is 105. The second-order valence-electron chi connectivity index (χ2n) is 13.6. The number of nitrogens with one attached hydrogen (secondary N) is 2. The van der Waals surface area contributed by atoms with E-state index in [4.69, 9.17) is 16.6 Å². The number of rotatable bonds is 11. The number of hydrogen-bond donors (Lipinski definition) is 2. The van der Waals surface area contributed by atoms with Crippen molar-refractivity contribution in [3.8, 4) is 22.3 Å². The second-order valence-corrected chi connectivity index (χ2v) is 15.2. The van der Waals surface area contributed by atoms with Gasteiger partial charge in [-0.15, -0.1) is 0 Å². The molecule has 0 radical (unpaired) electrons. The molecule has 0 bridgehead atoms. The zero-order valence-electron chi connectivity index (χ0n) is 29.0. The van der Waals surface area contributed by atoms with Crippen LogP contribution in [0.4, 0.5) is 32.2 Å². The van der Waals surface area contributed by atoms with Gasteiger partial charge in [-0.3, -0.25) is 19.1 Å². The summed E-state index contributed by atoms with van der Waals surface area (Å²) in [5, 5.41) is 11.8. The molecule has 9 nitrogen and oxygen atoms in total. The van der Waals surface area contributed by atoms with Gasteiger partial charge >= 0.3 is 0 Å². The van der Waals surface area contributed by atoms with Crippen LogP contribution >= 0.6 is 11.6 Å². The van der Waals surface area contributed by atoms with Gasteiger partial charge in [-0.2, -0.15) is 23.7 Å². The maximum atomic E-state index is 15.4. The van der Waals surface area contributed by atoms with Crippen molar-refractivity contribution in [2.24, 2.45) is 13.0 Å². The Morgan fingerprint density at radius 1 is 1.02 bits per heavy atom. The molecule has 3 heterocycles. The van der Waals surface area contributed by atoms with Gasteiger partial charge < -0.3 is 9.87 Å². The van der Waals surface area contributed by atoms with Crippen LogP contribution in [0, 0.1) is 17.6 Å². The van der Waals surface area contributed by atoms with E-state index in [2.05, 4.69) is 20.2 Å². The van der Waals surface area contributed by atoms with Gasteiger partial charge in [0, 0.05) is 47.5 Å². The van der Waals surface area contributed by atoms with E-state index in [1.54, 1.807) is 25.4 Å². The summed E-state index contributed by atoms with van der Waals surface area (Å²) in [5.41, 5.74) is 1.53. The SMILES string of the molecule is Cn1nc(N[S+](C)[O-])c2c(Cl)ccc(-c3cc(-c4ccccc4)cnc3[C@H](Cc3cc(F)cc(F)c3)NC(=O)Cn3nc(C(F)F)c4c3C(F)(F)[C@@H]3C[C@H]43)c21. The summed E-state index contributed by atoms with van der Waals surface area (Å²) >= 11 is 5.16. The van der Waals surface area contributed by atoms with Crippen LogP contribution in [0.2, 0.25) is 5.02 Å². The average Bonchev–Trinajstić information content (AvgIpc) is 3.67. The van der Waals surface area contributed by atoms with Crippen LogP contribution in [0.15, 0.2) is 72.9 Å². The van der Waals surface area contributed by atoms with E-state index in [0.29, 0.717) is 38.3 Å². The normalized spacial score (nSPS) is 17.9. The molecule has 1 saturated carbocycles. The molecule has 8 rings (SSSR count). The number of aryl methyl sites for hydroxylation is 1. The number of benzene rings is 3. The summed E-state index contributed by atoms with van der Waals surface area (Å²) in [6, 6.07) is 16.1. The molecule has 1 unspecified atom stereocenters. The van der Waals surface area contributed by atoms with Crippen LogP contribution in [0.3, 0.4) is 0 Å². The molecule has 2 N–H and O–H groups in total. The van der Waals surface area contributed by atoms with Crippen molar-refractivity contribution in [3.63, 3.8) is 0 Å². The lowest BCUT2D eigenvalue weighted by atomic mass is 9.92. The molecule has 0 spiro atoms. The molecule has 2 aliphatic rings. The fourth-order valence-corrected chi connectivity index (χ4v) is 8.35. The van der Waals surface area contributed by atoms with E-state index in [1.165, 1.54) is 10.9 Å². The van der Waals surface area contributed by atoms with Crippen LogP contribution in [-0.4, -0.2) is 41.3 Å². The first kappa shape index (κ1) is 36.9. The molecular weight excluding hydrogens is 768 g/mol. The third kappa shape index (κ3) is 6.69. The minimum Gasteiger partial charge on any atom is -0.593 e. The number of hydrogen-bond acceptors (Lipinski definition) is 6. The Kier molecular flexibility index (Phi) is 9.33. The fraction of sp³-hybridized carbons (Fsp3) is 0.263. The van der Waals surface area contributed by atoms with E-state index in [1.807, 2.05) is 36.4 Å². The highest BCUT2D eigenvalue weighted by Gasteiger charge is 2.67. The lowest BCUT2D eigenvalue weighted by Crippen LogP contribution is -2.35. The van der Waals surface area contributed by atoms with E-state index < -0.39 is 77.1 Å². The Labute approximate surface area is 318 Å². The highest BCUT2D eigenvalue weighted by atomic mass is 35.5. The molecule has 17 heteroatoms. The monoisotopic (exact) mass is 797 g/mol. The molecule has 2 aliphatic carbocycles. The maximum Gasteiger partial charge on any atom is 0.293 e. The number of fused-ring (bicyclic) bond motifs is 4. The fourth-order valence-electron chi connectivity index (χ4n) is 7.69. The maximum absolute atomic E-state index is 15.4. The summed E-state index contributed by atoms with van der Waals surface area (Å²) in [6.45, 7) is -0.842. The molecule has 284 valence electrons. The molecule has 0 saturated heterocycles. The number of amides is 1. The van der Waals surface area contributed by atoms with Crippen molar-refractivity contribution in [1.82, 2.24) is 29.9 Å². The molecule has 3 aromatic carbocycles. The van der Waals surface area contributed by atoms with E-state index in [9.17, 15) is 26.9 Å². The molecule has 6 aromatic rings. The van der Waals surface area contributed by atoms with Gasteiger partial charge in [-0.1, -0.05) is 48.0 Å². The zero-order valence-corrected chi connectivity index (χ0v) is 30.5. The Morgan fingerprint density at radius 3 is 2.44 bits per heavy atom. The van der Waals surface area contributed by atoms with Crippen LogP contribution in [0.1, 0.15) is 53.0 Å². The second kappa shape index (κ2) is 13.9. The Hall–Kier alpha value is -5.06. The number of carbonyl (C=O) groups excluding carboxylic acids is 1. The van der Waals surface area contributed by atoms with Crippen molar-refractivity contribution in [1.29, 1.82) is 0 Å². The van der Waals surface area contributed by atoms with Crippen LogP contribution < -0.4 is 10.0 Å². The lowest BCUT2D eigenvalue weighted by molar-refractivity contribution is -0.123. The van der Waals surface area contributed by atoms with E-state index in [-0.39, 0.29) is 40.5 Å². The molecule has 1 fully saturated rings. The number of alkyl halides is 4. The minimum absolute atomic E-state index is 0.0553. The van der Waals surface area contributed by atoms with Gasteiger partial charge in [0.1, 0.15) is 35.8 Å². The number of anilines is 1. The summed E-state index contributed by atoms with van der Waals surface area (Å²) in [7, 11) is 1.66. The van der Waals surface area contributed by atoms with Crippen molar-refractivity contribution in [2.75, 3.05) is 11.0 Å². The average molecular weight is 798 g/mol. The lowest BCUT2D eigenvalue weighted by Gasteiger charge is -2.23. The van der Waals surface area contributed by atoms with E-state index >= 15 is 8.78 Å². The van der Waals surface area contributed by atoms with Gasteiger partial charge in [-0.05, 0) is 54.2 Å². The first-order valence-electron chi connectivity index (χ1n) is 17.0. The molecule has 1 amide bonds. The topological polar surface area (TPSA) is 113 Å². The summed E-state index contributed by atoms with van der Waals surface area (Å²) in [6.07, 6.45) is -0.309. The summed E-state index contributed by atoms with van der Waals surface area (Å²) in [4.78, 5) is 18.7. The van der Waals surface area contributed by atoms with Gasteiger partial charge in [0.25, 0.3) is 12.3 Å². The predicted octanol–water partition coefficient (Wildman–Crippen LogP) is 8.38. The zero-order chi connectivity index (χ0) is 38.9. The van der Waals surface area contributed by atoms with Crippen LogP contribution in [0.5, 0.6) is 0 Å². The van der Waals surface area contributed by atoms with Gasteiger partial charge in [0.05, 0.1) is 39.0 Å². The number of carbonyl (C=O) groups is 1. The number of aromatic nitrogens is 5. The third-order valence-corrected chi connectivity index (χ3v) is 10.8. The van der Waals surface area contributed by atoms with Crippen molar-refractivity contribution < 1.29 is 35.7 Å². The highest BCUT2D eigenvalue weighted by molar-refractivity contribution is 7.92. The summed E-state index contributed by atoms with van der Waals surface area (Å²) in [5.74, 6) is -7.74. The standard InChI is InChI=1S/C38H30ClF6N7O2S/c1-51-34-23(8-9-27(39)31(34)37(49-51)50-55(2)54)24-13-20(19-6-4-3-5-7-19)16-46-32(24)28(12-18-10-21(40)14-22(41)11-18)47-29(53)17-52-35-30(33(48-52)36(42)43)25-15-26(25)38(35,44)45/h3-11,13-14,16,25-26,28,36H,12,15,17H2,1-2H3,(H,47,53)(H,49,50)/t25-,26+,28-,55?/m0/s1. The van der Waals surface area contributed by atoms with Gasteiger partial charge in [0.2, 0.25) is 11.7 Å².